The van der Waals surface area contributed by atoms with Crippen LogP contribution in [0.5, 0.6) is 0 Å². The fraction of sp³-hybridized carbons (Fsp3) is 0.182. The van der Waals surface area contributed by atoms with Crippen molar-refractivity contribution >= 4 is 22.5 Å². The molecule has 2 aromatic carbocycles. The van der Waals surface area contributed by atoms with E-state index in [2.05, 4.69) is 28.1 Å². The van der Waals surface area contributed by atoms with Crippen molar-refractivity contribution in [3.05, 3.63) is 71.7 Å². The number of rotatable bonds is 3. The summed E-state index contributed by atoms with van der Waals surface area (Å²) in [4.78, 5) is 23.6. The van der Waals surface area contributed by atoms with Gasteiger partial charge in [-0.1, -0.05) is 11.6 Å². The van der Waals surface area contributed by atoms with Crippen LogP contribution in [0, 0.1) is 13.8 Å². The Morgan fingerprint density at radius 1 is 1.07 bits per heavy atom. The van der Waals surface area contributed by atoms with Gasteiger partial charge in [0.15, 0.2) is 5.82 Å². The molecule has 28 heavy (non-hydrogen) atoms. The number of carbonyl (C=O) groups excluding carboxylic acids is 1. The van der Waals surface area contributed by atoms with Gasteiger partial charge in [0.1, 0.15) is 5.69 Å². The zero-order valence-electron chi connectivity index (χ0n) is 16.3. The highest BCUT2D eigenvalue weighted by atomic mass is 16.2. The Kier molecular flexibility index (Phi) is 4.39. The van der Waals surface area contributed by atoms with Crippen molar-refractivity contribution in [1.82, 2.24) is 19.7 Å². The van der Waals surface area contributed by atoms with Crippen molar-refractivity contribution in [2.24, 2.45) is 7.05 Å². The Morgan fingerprint density at radius 2 is 1.89 bits per heavy atom. The van der Waals surface area contributed by atoms with Crippen molar-refractivity contribution in [1.29, 1.82) is 0 Å². The van der Waals surface area contributed by atoms with Crippen LogP contribution >= 0.6 is 0 Å². The van der Waals surface area contributed by atoms with Gasteiger partial charge in [0.2, 0.25) is 0 Å². The SMILES string of the molecule is Cc1ccc2nc(-c3ccc(N(C)C(=O)c4ccnn4C)c(C)c3)ncc2c1. The van der Waals surface area contributed by atoms with Crippen LogP contribution in [0.4, 0.5) is 5.69 Å². The summed E-state index contributed by atoms with van der Waals surface area (Å²) in [7, 11) is 3.53. The van der Waals surface area contributed by atoms with Crippen molar-refractivity contribution in [2.75, 3.05) is 11.9 Å². The van der Waals surface area contributed by atoms with Gasteiger partial charge in [0, 0.05) is 43.1 Å². The van der Waals surface area contributed by atoms with E-state index in [-0.39, 0.29) is 5.91 Å². The molecule has 0 atom stereocenters. The van der Waals surface area contributed by atoms with Gasteiger partial charge in [0.25, 0.3) is 5.91 Å². The number of aromatic nitrogens is 4. The van der Waals surface area contributed by atoms with Gasteiger partial charge in [-0.2, -0.15) is 5.10 Å². The van der Waals surface area contributed by atoms with Gasteiger partial charge in [-0.15, -0.1) is 0 Å². The zero-order chi connectivity index (χ0) is 19.8. The van der Waals surface area contributed by atoms with E-state index in [0.717, 1.165) is 27.7 Å². The molecule has 0 saturated carbocycles. The van der Waals surface area contributed by atoms with Crippen LogP contribution in [0.15, 0.2) is 54.9 Å². The highest BCUT2D eigenvalue weighted by molar-refractivity contribution is 6.05. The van der Waals surface area contributed by atoms with Crippen molar-refractivity contribution in [2.45, 2.75) is 13.8 Å². The minimum Gasteiger partial charge on any atom is -0.310 e. The summed E-state index contributed by atoms with van der Waals surface area (Å²) in [5, 5.41) is 5.10. The Balaban J connectivity index is 1.67. The minimum atomic E-state index is -0.104. The molecular weight excluding hydrogens is 350 g/mol. The van der Waals surface area contributed by atoms with Crippen LogP contribution in [0.2, 0.25) is 0 Å². The number of carbonyl (C=O) groups is 1. The van der Waals surface area contributed by atoms with Crippen LogP contribution in [0.3, 0.4) is 0 Å². The van der Waals surface area contributed by atoms with Gasteiger partial charge in [-0.05, 0) is 55.8 Å². The summed E-state index contributed by atoms with van der Waals surface area (Å²) in [6.45, 7) is 4.04. The average molecular weight is 371 g/mol. The second-order valence-electron chi connectivity index (χ2n) is 6.96. The third-order valence-electron chi connectivity index (χ3n) is 4.90. The Bertz CT molecular complexity index is 1190. The van der Waals surface area contributed by atoms with E-state index >= 15 is 0 Å². The molecule has 0 aliphatic heterocycles. The smallest absolute Gasteiger partial charge is 0.276 e. The number of hydrogen-bond acceptors (Lipinski definition) is 4. The molecule has 6 nitrogen and oxygen atoms in total. The van der Waals surface area contributed by atoms with Gasteiger partial charge >= 0.3 is 0 Å². The predicted octanol–water partition coefficient (Wildman–Crippen LogP) is 3.92. The van der Waals surface area contributed by atoms with Crippen LogP contribution in [0.1, 0.15) is 21.6 Å². The van der Waals surface area contributed by atoms with E-state index in [9.17, 15) is 4.79 Å². The van der Waals surface area contributed by atoms with Crippen molar-refractivity contribution in [3.8, 4) is 11.4 Å². The lowest BCUT2D eigenvalue weighted by Crippen LogP contribution is -2.28. The van der Waals surface area contributed by atoms with Gasteiger partial charge in [-0.25, -0.2) is 9.97 Å². The molecular formula is C22H21N5O. The summed E-state index contributed by atoms with van der Waals surface area (Å²) in [6.07, 6.45) is 3.47. The standard InChI is InChI=1S/C22H21N5O/c1-14-5-7-18-17(11-14)13-23-21(25-18)16-6-8-19(15(2)12-16)26(3)22(28)20-9-10-24-27(20)4/h5-13H,1-4H3. The molecule has 2 heterocycles. The van der Waals surface area contributed by atoms with E-state index in [1.807, 2.05) is 43.5 Å². The topological polar surface area (TPSA) is 63.9 Å². The van der Waals surface area contributed by atoms with Crippen molar-refractivity contribution < 1.29 is 4.79 Å². The largest absolute Gasteiger partial charge is 0.310 e. The summed E-state index contributed by atoms with van der Waals surface area (Å²) < 4.78 is 1.58. The summed E-state index contributed by atoms with van der Waals surface area (Å²) in [5.74, 6) is 0.569. The first kappa shape index (κ1) is 17.9. The van der Waals surface area contributed by atoms with Crippen LogP contribution in [-0.2, 0) is 7.05 Å². The van der Waals surface area contributed by atoms with Crippen molar-refractivity contribution in [3.63, 3.8) is 0 Å². The molecule has 2 aromatic heterocycles. The molecule has 140 valence electrons. The first-order valence-electron chi connectivity index (χ1n) is 9.04. The number of amides is 1. The maximum Gasteiger partial charge on any atom is 0.276 e. The predicted molar refractivity (Wildman–Crippen MR) is 110 cm³/mol. The number of nitrogens with zero attached hydrogens (tertiary/aromatic N) is 5. The molecule has 6 heteroatoms. The molecule has 1 amide bonds. The average Bonchev–Trinajstić information content (AvgIpc) is 3.12. The molecule has 4 rings (SSSR count). The second-order valence-corrected chi connectivity index (χ2v) is 6.96. The quantitative estimate of drug-likeness (QED) is 0.547. The Morgan fingerprint density at radius 3 is 2.61 bits per heavy atom. The first-order chi connectivity index (χ1) is 13.4. The molecule has 0 radical (unpaired) electrons. The lowest BCUT2D eigenvalue weighted by atomic mass is 10.1. The summed E-state index contributed by atoms with van der Waals surface area (Å²) >= 11 is 0. The fourth-order valence-corrected chi connectivity index (χ4v) is 3.33. The van der Waals surface area contributed by atoms with Gasteiger partial charge in [-0.3, -0.25) is 9.48 Å². The number of hydrogen-bond donors (Lipinski definition) is 0. The molecule has 0 spiro atoms. The highest BCUT2D eigenvalue weighted by Crippen LogP contribution is 2.26. The fourth-order valence-electron chi connectivity index (χ4n) is 3.33. The molecule has 0 aliphatic rings. The molecule has 0 unspecified atom stereocenters. The molecule has 0 fully saturated rings. The number of aryl methyl sites for hydroxylation is 3. The Labute approximate surface area is 163 Å². The highest BCUT2D eigenvalue weighted by Gasteiger charge is 2.18. The zero-order valence-corrected chi connectivity index (χ0v) is 16.3. The lowest BCUT2D eigenvalue weighted by Gasteiger charge is -2.20. The third-order valence-corrected chi connectivity index (χ3v) is 4.90. The number of anilines is 1. The van der Waals surface area contributed by atoms with Crippen LogP contribution in [0.25, 0.3) is 22.3 Å². The number of benzene rings is 2. The van der Waals surface area contributed by atoms with E-state index in [1.54, 1.807) is 35.9 Å². The minimum absolute atomic E-state index is 0.104. The molecule has 0 saturated heterocycles. The molecule has 0 N–H and O–H groups in total. The monoisotopic (exact) mass is 371 g/mol. The van der Waals surface area contributed by atoms with E-state index in [0.29, 0.717) is 11.5 Å². The van der Waals surface area contributed by atoms with E-state index in [1.165, 1.54) is 5.56 Å². The molecule has 0 aliphatic carbocycles. The first-order valence-corrected chi connectivity index (χ1v) is 9.04. The van der Waals surface area contributed by atoms with E-state index in [4.69, 9.17) is 0 Å². The van der Waals surface area contributed by atoms with Crippen LogP contribution < -0.4 is 4.90 Å². The van der Waals surface area contributed by atoms with E-state index < -0.39 is 0 Å². The number of fused-ring (bicyclic) bond motifs is 1. The lowest BCUT2D eigenvalue weighted by molar-refractivity contribution is 0.0984. The van der Waals surface area contributed by atoms with Gasteiger partial charge < -0.3 is 4.90 Å². The normalized spacial score (nSPS) is 11.0. The second kappa shape index (κ2) is 6.88. The molecule has 0 bridgehead atoms. The summed E-state index contributed by atoms with van der Waals surface area (Å²) in [5.41, 5.74) is 5.38. The van der Waals surface area contributed by atoms with Crippen LogP contribution in [-0.4, -0.2) is 32.7 Å². The maximum atomic E-state index is 12.7. The summed E-state index contributed by atoms with van der Waals surface area (Å²) in [6, 6.07) is 13.7. The third kappa shape index (κ3) is 3.13. The Hall–Kier alpha value is -3.54. The maximum absolute atomic E-state index is 12.7. The van der Waals surface area contributed by atoms with Gasteiger partial charge in [0.05, 0.1) is 5.52 Å². The molecule has 4 aromatic rings.